The molecular weight excluding hydrogens is 388 g/mol. The van der Waals surface area contributed by atoms with Crippen LogP contribution in [0.15, 0.2) is 48.5 Å². The molecule has 2 amide bonds. The molecule has 158 valence electrons. The number of hydrogen-bond donors (Lipinski definition) is 3. The lowest BCUT2D eigenvalue weighted by molar-refractivity contribution is -0.135. The van der Waals surface area contributed by atoms with Gasteiger partial charge in [-0.3, -0.25) is 10.1 Å². The quantitative estimate of drug-likeness (QED) is 0.648. The third-order valence-electron chi connectivity index (χ3n) is 4.46. The summed E-state index contributed by atoms with van der Waals surface area (Å²) < 4.78 is 10.8. The molecule has 1 aliphatic rings. The van der Waals surface area contributed by atoms with E-state index in [4.69, 9.17) is 14.6 Å². The highest BCUT2D eigenvalue weighted by Gasteiger charge is 2.38. The average Bonchev–Trinajstić information content (AvgIpc) is 2.99. The van der Waals surface area contributed by atoms with Gasteiger partial charge in [-0.1, -0.05) is 48.5 Å². The molecule has 2 aromatic rings. The third-order valence-corrected chi connectivity index (χ3v) is 4.46. The van der Waals surface area contributed by atoms with Crippen LogP contribution < -0.4 is 10.6 Å². The molecule has 0 radical (unpaired) electrons. The van der Waals surface area contributed by atoms with E-state index in [1.807, 2.05) is 48.5 Å². The molecule has 0 bridgehead atoms. The van der Waals surface area contributed by atoms with Crippen LogP contribution in [0.5, 0.6) is 0 Å². The van der Waals surface area contributed by atoms with Crippen LogP contribution in [0, 0.1) is 0 Å². The van der Waals surface area contributed by atoms with E-state index in [-0.39, 0.29) is 0 Å². The summed E-state index contributed by atoms with van der Waals surface area (Å²) in [6.07, 6.45) is -2.82. The second-order valence-electron chi connectivity index (χ2n) is 7.87. The summed E-state index contributed by atoms with van der Waals surface area (Å²) in [5.41, 5.74) is 2.97. The normalized spacial score (nSPS) is 13.6. The summed E-state index contributed by atoms with van der Waals surface area (Å²) in [6.45, 7) is 4.57. The van der Waals surface area contributed by atoms with Crippen LogP contribution >= 0.6 is 0 Å². The van der Waals surface area contributed by atoms with Gasteiger partial charge < -0.3 is 19.9 Å². The first-order chi connectivity index (χ1) is 14.2. The molecule has 8 nitrogen and oxygen atoms in total. The number of ether oxygens (including phenoxy) is 2. The Labute approximate surface area is 174 Å². The predicted molar refractivity (Wildman–Crippen MR) is 109 cm³/mol. The van der Waals surface area contributed by atoms with Crippen LogP contribution in [0.2, 0.25) is 0 Å². The SMILES string of the molecule is CC(C)(C)OC(=O)N[C@H](OC(=O)NCC(=O)O)C1c2ccccc2-c2ccccc21. The third kappa shape index (κ3) is 4.89. The molecule has 0 unspecified atom stereocenters. The summed E-state index contributed by atoms with van der Waals surface area (Å²) in [4.78, 5) is 35.4. The second-order valence-corrected chi connectivity index (χ2v) is 7.87. The van der Waals surface area contributed by atoms with E-state index in [1.165, 1.54) is 0 Å². The number of fused-ring (bicyclic) bond motifs is 3. The maximum absolute atomic E-state index is 12.5. The number of benzene rings is 2. The van der Waals surface area contributed by atoms with Crippen LogP contribution in [0.3, 0.4) is 0 Å². The molecule has 0 saturated heterocycles. The lowest BCUT2D eigenvalue weighted by Crippen LogP contribution is -2.46. The largest absolute Gasteiger partial charge is 0.480 e. The molecule has 0 aromatic heterocycles. The molecule has 0 spiro atoms. The highest BCUT2D eigenvalue weighted by molar-refractivity contribution is 5.81. The van der Waals surface area contributed by atoms with Crippen LogP contribution in [-0.2, 0) is 14.3 Å². The van der Waals surface area contributed by atoms with E-state index < -0.39 is 42.4 Å². The van der Waals surface area contributed by atoms with Crippen LogP contribution in [0.25, 0.3) is 11.1 Å². The highest BCUT2D eigenvalue weighted by Crippen LogP contribution is 2.46. The van der Waals surface area contributed by atoms with Gasteiger partial charge in [0.25, 0.3) is 0 Å². The maximum atomic E-state index is 12.5. The molecule has 8 heteroatoms. The van der Waals surface area contributed by atoms with Crippen molar-refractivity contribution in [2.45, 2.75) is 38.5 Å². The first-order valence-electron chi connectivity index (χ1n) is 9.50. The molecule has 1 atom stereocenters. The van der Waals surface area contributed by atoms with Gasteiger partial charge in [0.2, 0.25) is 0 Å². The fourth-order valence-corrected chi connectivity index (χ4v) is 3.43. The van der Waals surface area contributed by atoms with Crippen molar-refractivity contribution in [1.82, 2.24) is 10.6 Å². The molecule has 0 aliphatic heterocycles. The van der Waals surface area contributed by atoms with Gasteiger partial charge >= 0.3 is 18.2 Å². The number of amides is 2. The molecule has 3 N–H and O–H groups in total. The lowest BCUT2D eigenvalue weighted by Gasteiger charge is -2.28. The molecule has 0 fully saturated rings. The Bertz CT molecular complexity index is 921. The monoisotopic (exact) mass is 412 g/mol. The number of hydrogen-bond acceptors (Lipinski definition) is 5. The van der Waals surface area contributed by atoms with Gasteiger partial charge in [-0.05, 0) is 43.0 Å². The predicted octanol–water partition coefficient (Wildman–Crippen LogP) is 3.46. The number of carboxylic acid groups (broad SMARTS) is 1. The second kappa shape index (κ2) is 8.44. The molecular formula is C22H24N2O6. The van der Waals surface area contributed by atoms with E-state index >= 15 is 0 Å². The summed E-state index contributed by atoms with van der Waals surface area (Å²) in [6, 6.07) is 15.3. The van der Waals surface area contributed by atoms with E-state index in [0.29, 0.717) is 0 Å². The van der Waals surface area contributed by atoms with E-state index in [0.717, 1.165) is 22.3 Å². The number of aliphatic carboxylic acids is 1. The molecule has 0 heterocycles. The van der Waals surface area contributed by atoms with E-state index in [2.05, 4.69) is 10.6 Å². The minimum atomic E-state index is -1.21. The number of rotatable bonds is 5. The van der Waals surface area contributed by atoms with E-state index in [1.54, 1.807) is 20.8 Å². The molecule has 1 aliphatic carbocycles. The smallest absolute Gasteiger partial charge is 0.410 e. The minimum absolute atomic E-state index is 0.486. The summed E-state index contributed by atoms with van der Waals surface area (Å²) >= 11 is 0. The molecule has 3 rings (SSSR count). The van der Waals surface area contributed by atoms with Gasteiger partial charge in [0.05, 0.1) is 5.92 Å². The molecule has 0 saturated carbocycles. The van der Waals surface area contributed by atoms with Gasteiger partial charge in [-0.2, -0.15) is 0 Å². The molecule has 30 heavy (non-hydrogen) atoms. The first kappa shape index (κ1) is 21.2. The van der Waals surface area contributed by atoms with Crippen molar-refractivity contribution in [2.24, 2.45) is 0 Å². The number of alkyl carbamates (subject to hydrolysis) is 2. The summed E-state index contributed by atoms with van der Waals surface area (Å²) in [7, 11) is 0. The van der Waals surface area contributed by atoms with Gasteiger partial charge in [-0.15, -0.1) is 0 Å². The van der Waals surface area contributed by atoms with Crippen molar-refractivity contribution in [3.63, 3.8) is 0 Å². The number of carbonyl (C=O) groups is 3. The fourth-order valence-electron chi connectivity index (χ4n) is 3.43. The van der Waals surface area contributed by atoms with Crippen molar-refractivity contribution in [3.8, 4) is 11.1 Å². The fraction of sp³-hybridized carbons (Fsp3) is 0.318. The summed E-state index contributed by atoms with van der Waals surface area (Å²) in [5, 5.41) is 13.6. The number of nitrogens with one attached hydrogen (secondary N) is 2. The summed E-state index contributed by atoms with van der Waals surface area (Å²) in [5.74, 6) is -1.69. The van der Waals surface area contributed by atoms with Gasteiger partial charge in [0, 0.05) is 0 Å². The zero-order chi connectivity index (χ0) is 21.9. The van der Waals surface area contributed by atoms with E-state index in [9.17, 15) is 14.4 Å². The Morgan fingerprint density at radius 2 is 1.50 bits per heavy atom. The van der Waals surface area contributed by atoms with Crippen molar-refractivity contribution in [3.05, 3.63) is 59.7 Å². The Morgan fingerprint density at radius 1 is 0.967 bits per heavy atom. The molecule has 2 aromatic carbocycles. The van der Waals surface area contributed by atoms with Crippen LogP contribution in [0.4, 0.5) is 9.59 Å². The average molecular weight is 412 g/mol. The standard InChI is InChI=1S/C22H24N2O6/c1-22(2,3)30-21(28)24-19(29-20(27)23-12-17(25)26)18-15-10-6-4-8-13(15)14-9-5-7-11-16(14)18/h4-11,18-19H,12H2,1-3H3,(H,23,27)(H,24,28)(H,25,26)/t19-/m1/s1. The van der Waals surface area contributed by atoms with Crippen LogP contribution in [-0.4, -0.2) is 41.6 Å². The lowest BCUT2D eigenvalue weighted by atomic mass is 9.95. The van der Waals surface area contributed by atoms with Crippen molar-refractivity contribution in [2.75, 3.05) is 6.54 Å². The number of carboxylic acids is 1. The van der Waals surface area contributed by atoms with Gasteiger partial charge in [0.15, 0.2) is 6.23 Å². The topological polar surface area (TPSA) is 114 Å². The zero-order valence-electron chi connectivity index (χ0n) is 17.0. The minimum Gasteiger partial charge on any atom is -0.480 e. The number of carbonyl (C=O) groups excluding carboxylic acids is 2. The zero-order valence-corrected chi connectivity index (χ0v) is 17.0. The van der Waals surface area contributed by atoms with Gasteiger partial charge in [0.1, 0.15) is 12.1 Å². The van der Waals surface area contributed by atoms with Crippen LogP contribution in [0.1, 0.15) is 37.8 Å². The Kier molecular flexibility index (Phi) is 5.96. The van der Waals surface area contributed by atoms with Crippen molar-refractivity contribution >= 4 is 18.2 Å². The Morgan fingerprint density at radius 3 is 2.00 bits per heavy atom. The van der Waals surface area contributed by atoms with Crippen molar-refractivity contribution < 1.29 is 29.0 Å². The Balaban J connectivity index is 1.94. The maximum Gasteiger partial charge on any atom is 0.410 e. The van der Waals surface area contributed by atoms with Crippen molar-refractivity contribution in [1.29, 1.82) is 0 Å². The highest BCUT2D eigenvalue weighted by atomic mass is 16.6. The van der Waals surface area contributed by atoms with Gasteiger partial charge in [-0.25, -0.2) is 9.59 Å². The first-order valence-corrected chi connectivity index (χ1v) is 9.50. The Hall–Kier alpha value is -3.55.